The van der Waals surface area contributed by atoms with E-state index in [9.17, 15) is 4.79 Å². The zero-order valence-corrected chi connectivity index (χ0v) is 22.1. The number of benzene rings is 4. The smallest absolute Gasteiger partial charge is 0.343 e. The number of fused-ring (bicyclic) bond motifs is 1. The van der Waals surface area contributed by atoms with Gasteiger partial charge in [0.05, 0.1) is 23.8 Å². The van der Waals surface area contributed by atoms with Gasteiger partial charge < -0.3 is 18.9 Å². The molecule has 4 aromatic rings. The molecule has 0 spiro atoms. The monoisotopic (exact) mass is 556 g/mol. The first kappa shape index (κ1) is 24.7. The van der Waals surface area contributed by atoms with Crippen LogP contribution < -0.4 is 14.2 Å². The Morgan fingerprint density at radius 2 is 1.70 bits per heavy atom. The Morgan fingerprint density at radius 3 is 2.46 bits per heavy atom. The highest BCUT2D eigenvalue weighted by molar-refractivity contribution is 9.10. The third kappa shape index (κ3) is 5.54. The zero-order valence-electron chi connectivity index (χ0n) is 20.5. The van der Waals surface area contributed by atoms with Crippen molar-refractivity contribution < 1.29 is 23.7 Å². The van der Waals surface area contributed by atoms with Gasteiger partial charge >= 0.3 is 5.97 Å². The molecule has 1 aliphatic heterocycles. The van der Waals surface area contributed by atoms with Crippen molar-refractivity contribution in [1.82, 2.24) is 0 Å². The van der Waals surface area contributed by atoms with E-state index in [1.807, 2.05) is 55.5 Å². The molecule has 0 aliphatic carbocycles. The molecule has 0 saturated heterocycles. The number of methoxy groups -OCH3 is 1. The van der Waals surface area contributed by atoms with Crippen LogP contribution >= 0.6 is 15.9 Å². The summed E-state index contributed by atoms with van der Waals surface area (Å²) in [5.74, 6) is 2.02. The van der Waals surface area contributed by atoms with Crippen LogP contribution in [0.3, 0.4) is 0 Å². The van der Waals surface area contributed by atoms with E-state index < -0.39 is 5.97 Å². The van der Waals surface area contributed by atoms with Gasteiger partial charge in [-0.15, -0.1) is 0 Å². The Bertz CT molecular complexity index is 1520. The number of hydrogen-bond donors (Lipinski definition) is 0. The van der Waals surface area contributed by atoms with Gasteiger partial charge in [-0.25, -0.2) is 4.79 Å². The maximum Gasteiger partial charge on any atom is 0.343 e. The number of hydrogen-bond acceptors (Lipinski definition) is 5. The van der Waals surface area contributed by atoms with Crippen molar-refractivity contribution >= 4 is 44.5 Å². The van der Waals surface area contributed by atoms with Crippen LogP contribution in [0.2, 0.25) is 0 Å². The second-order valence-electron chi connectivity index (χ2n) is 8.46. The molecular weight excluding hydrogens is 532 g/mol. The Kier molecular flexibility index (Phi) is 7.28. The largest absolute Gasteiger partial charge is 0.494 e. The number of cyclic esters (lactones) is 1. The molecule has 1 aliphatic rings. The third-order valence-corrected chi connectivity index (χ3v) is 6.53. The molecule has 0 bridgehead atoms. The standard InChI is InChI=1S/C31H25BrO5/c1-3-35-26-12-10-23(11-13-26)28-18-25(31(33)37-28)15-21-16-27(32)30(29(17-21)34-2)36-19-20-8-9-22-6-4-5-7-24(22)14-20/h4-18H,3,19H2,1-2H3/b25-15-. The van der Waals surface area contributed by atoms with E-state index in [4.69, 9.17) is 18.9 Å². The maximum absolute atomic E-state index is 12.6. The quantitative estimate of drug-likeness (QED) is 0.165. The molecule has 0 amide bonds. The molecule has 1 heterocycles. The van der Waals surface area contributed by atoms with Crippen LogP contribution in [-0.4, -0.2) is 19.7 Å². The molecule has 0 unspecified atom stereocenters. The number of halogens is 1. The lowest BCUT2D eigenvalue weighted by atomic mass is 10.1. The van der Waals surface area contributed by atoms with Crippen molar-refractivity contribution in [3.05, 3.63) is 112 Å². The Morgan fingerprint density at radius 1 is 0.919 bits per heavy atom. The zero-order chi connectivity index (χ0) is 25.8. The minimum Gasteiger partial charge on any atom is -0.494 e. The topological polar surface area (TPSA) is 54.0 Å². The lowest BCUT2D eigenvalue weighted by Crippen LogP contribution is -2.00. The van der Waals surface area contributed by atoms with E-state index in [1.165, 1.54) is 5.39 Å². The van der Waals surface area contributed by atoms with Crippen LogP contribution in [0.4, 0.5) is 0 Å². The summed E-state index contributed by atoms with van der Waals surface area (Å²) < 4.78 is 23.5. The summed E-state index contributed by atoms with van der Waals surface area (Å²) in [6.45, 7) is 2.92. The van der Waals surface area contributed by atoms with Crippen LogP contribution in [0.5, 0.6) is 17.2 Å². The van der Waals surface area contributed by atoms with Crippen LogP contribution in [-0.2, 0) is 16.1 Å². The highest BCUT2D eigenvalue weighted by atomic mass is 79.9. The minimum atomic E-state index is -0.407. The van der Waals surface area contributed by atoms with E-state index in [0.29, 0.717) is 36.0 Å². The molecule has 0 N–H and O–H groups in total. The van der Waals surface area contributed by atoms with Gasteiger partial charge in [-0.1, -0.05) is 36.4 Å². The summed E-state index contributed by atoms with van der Waals surface area (Å²) >= 11 is 3.61. The molecule has 5 rings (SSSR count). The fourth-order valence-corrected chi connectivity index (χ4v) is 4.71. The van der Waals surface area contributed by atoms with Crippen molar-refractivity contribution in [3.63, 3.8) is 0 Å². The Labute approximate surface area is 224 Å². The van der Waals surface area contributed by atoms with Gasteiger partial charge in [0.1, 0.15) is 18.1 Å². The van der Waals surface area contributed by atoms with E-state index in [-0.39, 0.29) is 0 Å². The van der Waals surface area contributed by atoms with Crippen molar-refractivity contribution in [1.29, 1.82) is 0 Å². The van der Waals surface area contributed by atoms with Gasteiger partial charge in [-0.05, 0) is 99.4 Å². The predicted molar refractivity (Wildman–Crippen MR) is 149 cm³/mol. The van der Waals surface area contributed by atoms with Crippen molar-refractivity contribution in [2.45, 2.75) is 13.5 Å². The second-order valence-corrected chi connectivity index (χ2v) is 9.31. The average Bonchev–Trinajstić information content (AvgIpc) is 3.28. The van der Waals surface area contributed by atoms with Gasteiger partial charge in [0.25, 0.3) is 0 Å². The normalized spacial score (nSPS) is 14.0. The lowest BCUT2D eigenvalue weighted by molar-refractivity contribution is -0.130. The molecule has 6 heteroatoms. The number of carbonyl (C=O) groups excluding carboxylic acids is 1. The highest BCUT2D eigenvalue weighted by Crippen LogP contribution is 2.38. The minimum absolute atomic E-state index is 0.390. The summed E-state index contributed by atoms with van der Waals surface area (Å²) in [5, 5.41) is 2.35. The van der Waals surface area contributed by atoms with E-state index in [0.717, 1.165) is 32.3 Å². The Hall–Kier alpha value is -4.03. The lowest BCUT2D eigenvalue weighted by Gasteiger charge is -2.14. The summed E-state index contributed by atoms with van der Waals surface area (Å²) in [7, 11) is 1.59. The number of ether oxygens (including phenoxy) is 4. The molecule has 0 saturated carbocycles. The van der Waals surface area contributed by atoms with Gasteiger partial charge in [0, 0.05) is 5.56 Å². The second kappa shape index (κ2) is 10.9. The van der Waals surface area contributed by atoms with E-state index >= 15 is 0 Å². The summed E-state index contributed by atoms with van der Waals surface area (Å²) in [4.78, 5) is 12.6. The SMILES string of the molecule is CCOc1ccc(C2=C/C(=C/c3cc(Br)c(OCc4ccc5ccccc5c4)c(OC)c3)C(=O)O2)cc1. The first-order chi connectivity index (χ1) is 18.0. The molecule has 4 aromatic carbocycles. The molecule has 186 valence electrons. The molecule has 0 atom stereocenters. The molecule has 0 radical (unpaired) electrons. The van der Waals surface area contributed by atoms with Gasteiger partial charge in [0.2, 0.25) is 0 Å². The predicted octanol–water partition coefficient (Wildman–Crippen LogP) is 7.57. The molecule has 5 nitrogen and oxygen atoms in total. The fraction of sp³-hybridized carbons (Fsp3) is 0.129. The highest BCUT2D eigenvalue weighted by Gasteiger charge is 2.22. The van der Waals surface area contributed by atoms with E-state index in [1.54, 1.807) is 19.3 Å². The van der Waals surface area contributed by atoms with Crippen LogP contribution in [0, 0.1) is 0 Å². The molecule has 37 heavy (non-hydrogen) atoms. The van der Waals surface area contributed by atoms with Gasteiger partial charge in [-0.3, -0.25) is 0 Å². The molecule has 0 fully saturated rings. The average molecular weight is 557 g/mol. The Balaban J connectivity index is 1.36. The maximum atomic E-state index is 12.6. The third-order valence-electron chi connectivity index (χ3n) is 5.95. The van der Waals surface area contributed by atoms with Crippen molar-refractivity contribution in [2.24, 2.45) is 0 Å². The van der Waals surface area contributed by atoms with Gasteiger partial charge in [-0.2, -0.15) is 0 Å². The summed E-state index contributed by atoms with van der Waals surface area (Å²) in [6.07, 6.45) is 3.51. The van der Waals surface area contributed by atoms with Gasteiger partial charge in [0.15, 0.2) is 11.5 Å². The molecule has 0 aromatic heterocycles. The van der Waals surface area contributed by atoms with Crippen molar-refractivity contribution in [3.8, 4) is 17.2 Å². The number of carbonyl (C=O) groups is 1. The van der Waals surface area contributed by atoms with Crippen molar-refractivity contribution in [2.75, 3.05) is 13.7 Å². The van der Waals surface area contributed by atoms with Crippen LogP contribution in [0.15, 0.2) is 95.0 Å². The molecular formula is C31H25BrO5. The fourth-order valence-electron chi connectivity index (χ4n) is 4.14. The van der Waals surface area contributed by atoms with E-state index in [2.05, 4.69) is 46.3 Å². The summed E-state index contributed by atoms with van der Waals surface area (Å²) in [6, 6.07) is 25.7. The number of esters is 1. The van der Waals surface area contributed by atoms with Crippen LogP contribution in [0.1, 0.15) is 23.6 Å². The summed E-state index contributed by atoms with van der Waals surface area (Å²) in [5.41, 5.74) is 3.08. The van der Waals surface area contributed by atoms with Crippen LogP contribution in [0.25, 0.3) is 22.6 Å². The number of rotatable bonds is 8. The first-order valence-corrected chi connectivity index (χ1v) is 12.7. The first-order valence-electron chi connectivity index (χ1n) is 11.9.